The first-order valence-corrected chi connectivity index (χ1v) is 8.51. The van der Waals surface area contributed by atoms with Crippen molar-refractivity contribution in [1.82, 2.24) is 4.90 Å². The highest BCUT2D eigenvalue weighted by Gasteiger charge is 2.17. The molecule has 0 amide bonds. The first-order chi connectivity index (χ1) is 11.2. The Labute approximate surface area is 143 Å². The van der Waals surface area contributed by atoms with Crippen LogP contribution in [0.5, 0.6) is 5.75 Å². The number of benzene rings is 2. The first-order valence-electron chi connectivity index (χ1n) is 8.13. The van der Waals surface area contributed by atoms with Gasteiger partial charge in [0.25, 0.3) is 0 Å². The number of halogens is 1. The van der Waals surface area contributed by atoms with Crippen molar-refractivity contribution in [2.24, 2.45) is 0 Å². The Bertz CT molecular complexity index is 622. The van der Waals surface area contributed by atoms with E-state index in [2.05, 4.69) is 34.9 Å². The molecular formula is C19H23ClN2O. The van der Waals surface area contributed by atoms with Gasteiger partial charge in [0.05, 0.1) is 0 Å². The topological polar surface area (TPSA) is 15.7 Å². The number of nitrogens with zero attached hydrogens (tertiary/aromatic N) is 2. The SMILES string of the molecule is Cc1ccc(OCCN2CCN(c3cccc(Cl)c3)CC2)cc1. The molecule has 0 aliphatic carbocycles. The second kappa shape index (κ2) is 7.71. The molecule has 1 aliphatic heterocycles. The van der Waals surface area contributed by atoms with Crippen LogP contribution in [-0.4, -0.2) is 44.2 Å². The number of aryl methyl sites for hydroxylation is 1. The molecule has 1 saturated heterocycles. The van der Waals surface area contributed by atoms with Crippen molar-refractivity contribution < 1.29 is 4.74 Å². The maximum absolute atomic E-state index is 6.08. The van der Waals surface area contributed by atoms with Crippen LogP contribution in [0.3, 0.4) is 0 Å². The predicted molar refractivity (Wildman–Crippen MR) is 96.8 cm³/mol. The van der Waals surface area contributed by atoms with E-state index < -0.39 is 0 Å². The van der Waals surface area contributed by atoms with Crippen LogP contribution in [0.4, 0.5) is 5.69 Å². The van der Waals surface area contributed by atoms with Gasteiger partial charge in [-0.05, 0) is 37.3 Å². The van der Waals surface area contributed by atoms with Gasteiger partial charge in [0.2, 0.25) is 0 Å². The van der Waals surface area contributed by atoms with Crippen molar-refractivity contribution >= 4 is 17.3 Å². The zero-order valence-electron chi connectivity index (χ0n) is 13.5. The van der Waals surface area contributed by atoms with E-state index in [1.807, 2.05) is 30.3 Å². The average Bonchev–Trinajstić information content (AvgIpc) is 2.57. The summed E-state index contributed by atoms with van der Waals surface area (Å²) in [6.07, 6.45) is 0. The first kappa shape index (κ1) is 16.2. The van der Waals surface area contributed by atoms with Gasteiger partial charge < -0.3 is 9.64 Å². The lowest BCUT2D eigenvalue weighted by atomic mass is 10.2. The minimum atomic E-state index is 0.736. The highest BCUT2D eigenvalue weighted by Crippen LogP contribution is 2.20. The Kier molecular flexibility index (Phi) is 5.42. The Morgan fingerprint density at radius 2 is 1.74 bits per heavy atom. The molecule has 0 atom stereocenters. The van der Waals surface area contributed by atoms with Gasteiger partial charge in [-0.3, -0.25) is 4.90 Å². The van der Waals surface area contributed by atoms with E-state index in [-0.39, 0.29) is 0 Å². The third-order valence-corrected chi connectivity index (χ3v) is 4.48. The lowest BCUT2D eigenvalue weighted by Crippen LogP contribution is -2.47. The van der Waals surface area contributed by atoms with Gasteiger partial charge in [-0.15, -0.1) is 0 Å². The minimum Gasteiger partial charge on any atom is -0.492 e. The second-order valence-electron chi connectivity index (χ2n) is 5.97. The Balaban J connectivity index is 1.41. The number of rotatable bonds is 5. The molecule has 3 rings (SSSR count). The number of hydrogen-bond acceptors (Lipinski definition) is 3. The third kappa shape index (κ3) is 4.63. The molecule has 122 valence electrons. The van der Waals surface area contributed by atoms with Crippen LogP contribution in [0.25, 0.3) is 0 Å². The fourth-order valence-corrected chi connectivity index (χ4v) is 3.01. The van der Waals surface area contributed by atoms with Crippen LogP contribution >= 0.6 is 11.6 Å². The summed E-state index contributed by atoms with van der Waals surface area (Å²) in [6.45, 7) is 7.98. The fourth-order valence-electron chi connectivity index (χ4n) is 2.83. The molecule has 0 N–H and O–H groups in total. The molecule has 0 unspecified atom stereocenters. The smallest absolute Gasteiger partial charge is 0.119 e. The molecule has 0 aromatic heterocycles. The number of anilines is 1. The molecule has 2 aromatic rings. The van der Waals surface area contributed by atoms with Crippen molar-refractivity contribution in [2.75, 3.05) is 44.2 Å². The maximum Gasteiger partial charge on any atom is 0.119 e. The lowest BCUT2D eigenvalue weighted by molar-refractivity contribution is 0.200. The molecule has 3 nitrogen and oxygen atoms in total. The highest BCUT2D eigenvalue weighted by atomic mass is 35.5. The van der Waals surface area contributed by atoms with Crippen LogP contribution in [-0.2, 0) is 0 Å². The van der Waals surface area contributed by atoms with Crippen LogP contribution < -0.4 is 9.64 Å². The molecule has 4 heteroatoms. The lowest BCUT2D eigenvalue weighted by Gasteiger charge is -2.36. The molecular weight excluding hydrogens is 308 g/mol. The molecule has 23 heavy (non-hydrogen) atoms. The van der Waals surface area contributed by atoms with Gasteiger partial charge in [-0.25, -0.2) is 0 Å². The van der Waals surface area contributed by atoms with E-state index in [0.29, 0.717) is 0 Å². The summed E-state index contributed by atoms with van der Waals surface area (Å²) in [6, 6.07) is 16.3. The molecule has 0 bridgehead atoms. The van der Waals surface area contributed by atoms with Crippen molar-refractivity contribution in [1.29, 1.82) is 0 Å². The zero-order valence-corrected chi connectivity index (χ0v) is 14.3. The van der Waals surface area contributed by atoms with Gasteiger partial charge in [-0.1, -0.05) is 35.4 Å². The number of ether oxygens (including phenoxy) is 1. The molecule has 0 radical (unpaired) electrons. The van der Waals surface area contributed by atoms with Crippen molar-refractivity contribution in [3.63, 3.8) is 0 Å². The van der Waals surface area contributed by atoms with E-state index in [1.54, 1.807) is 0 Å². The van der Waals surface area contributed by atoms with E-state index in [1.165, 1.54) is 11.3 Å². The summed E-state index contributed by atoms with van der Waals surface area (Å²) in [5.74, 6) is 0.952. The van der Waals surface area contributed by atoms with Gasteiger partial charge >= 0.3 is 0 Å². The molecule has 0 spiro atoms. The van der Waals surface area contributed by atoms with Crippen molar-refractivity contribution in [3.8, 4) is 5.75 Å². The van der Waals surface area contributed by atoms with E-state index in [0.717, 1.165) is 50.1 Å². The summed E-state index contributed by atoms with van der Waals surface area (Å²) < 4.78 is 5.82. The van der Waals surface area contributed by atoms with Crippen LogP contribution in [0, 0.1) is 6.92 Å². The van der Waals surface area contributed by atoms with Gasteiger partial charge in [-0.2, -0.15) is 0 Å². The number of hydrogen-bond donors (Lipinski definition) is 0. The second-order valence-corrected chi connectivity index (χ2v) is 6.41. The maximum atomic E-state index is 6.08. The zero-order chi connectivity index (χ0) is 16.1. The molecule has 2 aromatic carbocycles. The quantitative estimate of drug-likeness (QED) is 0.828. The summed E-state index contributed by atoms with van der Waals surface area (Å²) in [5.41, 5.74) is 2.47. The van der Waals surface area contributed by atoms with Crippen molar-refractivity contribution in [3.05, 3.63) is 59.1 Å². The molecule has 1 aliphatic rings. The number of piperazine rings is 1. The standard InChI is InChI=1S/C19H23ClN2O/c1-16-5-7-19(8-6-16)23-14-13-21-9-11-22(12-10-21)18-4-2-3-17(20)15-18/h2-8,15H,9-14H2,1H3. The summed E-state index contributed by atoms with van der Waals surface area (Å²) in [4.78, 5) is 4.85. The molecule has 0 saturated carbocycles. The molecule has 1 heterocycles. The summed E-state index contributed by atoms with van der Waals surface area (Å²) in [7, 11) is 0. The fraction of sp³-hybridized carbons (Fsp3) is 0.368. The van der Waals surface area contributed by atoms with Crippen molar-refractivity contribution in [2.45, 2.75) is 6.92 Å². The largest absolute Gasteiger partial charge is 0.492 e. The third-order valence-electron chi connectivity index (χ3n) is 4.24. The van der Waals surface area contributed by atoms with Gasteiger partial charge in [0.1, 0.15) is 12.4 Å². The Morgan fingerprint density at radius 3 is 2.43 bits per heavy atom. The van der Waals surface area contributed by atoms with E-state index in [4.69, 9.17) is 16.3 Å². The molecule has 1 fully saturated rings. The predicted octanol–water partition coefficient (Wildman–Crippen LogP) is 3.85. The summed E-state index contributed by atoms with van der Waals surface area (Å²) in [5, 5.41) is 0.802. The normalized spacial score (nSPS) is 15.7. The van der Waals surface area contributed by atoms with Gasteiger partial charge in [0.15, 0.2) is 0 Å². The van der Waals surface area contributed by atoms with Crippen LogP contribution in [0.2, 0.25) is 5.02 Å². The van der Waals surface area contributed by atoms with Crippen LogP contribution in [0.1, 0.15) is 5.56 Å². The van der Waals surface area contributed by atoms with E-state index in [9.17, 15) is 0 Å². The Hall–Kier alpha value is -1.71. The highest BCUT2D eigenvalue weighted by molar-refractivity contribution is 6.30. The van der Waals surface area contributed by atoms with E-state index >= 15 is 0 Å². The van der Waals surface area contributed by atoms with Crippen LogP contribution in [0.15, 0.2) is 48.5 Å². The minimum absolute atomic E-state index is 0.736. The summed E-state index contributed by atoms with van der Waals surface area (Å²) >= 11 is 6.08. The Morgan fingerprint density at radius 1 is 1.00 bits per heavy atom. The average molecular weight is 331 g/mol. The van der Waals surface area contributed by atoms with Gasteiger partial charge in [0, 0.05) is 43.4 Å². The monoisotopic (exact) mass is 330 g/mol.